The Morgan fingerprint density at radius 2 is 1.90 bits per heavy atom. The van der Waals surface area contributed by atoms with E-state index in [0.717, 1.165) is 0 Å². The number of benzene rings is 1. The molecule has 1 heterocycles. The normalized spacial score (nSPS) is 11.9. The first kappa shape index (κ1) is 16.5. The molecule has 0 fully saturated rings. The Morgan fingerprint density at radius 3 is 2.57 bits per heavy atom. The topological polar surface area (TPSA) is 50.3 Å². The van der Waals surface area contributed by atoms with E-state index in [9.17, 15) is 8.42 Å². The summed E-state index contributed by atoms with van der Waals surface area (Å²) in [5.41, 5.74) is 0.621. The van der Waals surface area contributed by atoms with Crippen LogP contribution < -0.4 is 0 Å². The van der Waals surface area contributed by atoms with E-state index in [4.69, 9.17) is 34.8 Å². The van der Waals surface area contributed by atoms with E-state index in [1.54, 1.807) is 18.2 Å². The second-order valence-corrected chi connectivity index (χ2v) is 7.51. The van der Waals surface area contributed by atoms with Crippen LogP contribution in [-0.2, 0) is 16.6 Å². The summed E-state index contributed by atoms with van der Waals surface area (Å²) in [7, 11) is -2.22. The smallest absolute Gasteiger partial charge is 0.243 e. The number of sulfonamides is 1. The van der Waals surface area contributed by atoms with Gasteiger partial charge in [0.25, 0.3) is 0 Å². The van der Waals surface area contributed by atoms with Gasteiger partial charge in [0.05, 0.1) is 14.9 Å². The molecule has 2 rings (SSSR count). The molecule has 0 bridgehead atoms. The van der Waals surface area contributed by atoms with Crippen LogP contribution in [0.25, 0.3) is 0 Å². The maximum absolute atomic E-state index is 12.4. The Labute approximate surface area is 138 Å². The Hall–Kier alpha value is -0.850. The van der Waals surface area contributed by atoms with Gasteiger partial charge in [0.15, 0.2) is 0 Å². The Morgan fingerprint density at radius 1 is 1.19 bits per heavy atom. The molecule has 0 spiro atoms. The fraction of sp³-hybridized carbons (Fsp3) is 0.154. The highest BCUT2D eigenvalue weighted by molar-refractivity contribution is 7.89. The summed E-state index contributed by atoms with van der Waals surface area (Å²) >= 11 is 17.7. The van der Waals surface area contributed by atoms with Crippen LogP contribution in [0.3, 0.4) is 0 Å². The molecule has 0 aliphatic carbocycles. The highest BCUT2D eigenvalue weighted by Crippen LogP contribution is 2.27. The number of nitrogens with zero attached hydrogens (tertiary/aromatic N) is 2. The zero-order valence-corrected chi connectivity index (χ0v) is 14.0. The minimum Gasteiger partial charge on any atom is -0.244 e. The van der Waals surface area contributed by atoms with Crippen molar-refractivity contribution >= 4 is 44.8 Å². The van der Waals surface area contributed by atoms with Gasteiger partial charge in [0, 0.05) is 19.8 Å². The van der Waals surface area contributed by atoms with E-state index < -0.39 is 10.0 Å². The van der Waals surface area contributed by atoms with Gasteiger partial charge in [-0.15, -0.1) is 0 Å². The van der Waals surface area contributed by atoms with Gasteiger partial charge < -0.3 is 0 Å². The van der Waals surface area contributed by atoms with Gasteiger partial charge in [-0.05, 0) is 23.8 Å². The van der Waals surface area contributed by atoms with Gasteiger partial charge >= 0.3 is 0 Å². The van der Waals surface area contributed by atoms with Crippen LogP contribution in [0.15, 0.2) is 41.4 Å². The Bertz CT molecular complexity index is 766. The molecule has 0 aliphatic rings. The first-order valence-electron chi connectivity index (χ1n) is 5.83. The lowest BCUT2D eigenvalue weighted by molar-refractivity contribution is 0.466. The summed E-state index contributed by atoms with van der Waals surface area (Å²) in [6.07, 6.45) is 1.34. The van der Waals surface area contributed by atoms with Crippen LogP contribution in [0, 0.1) is 0 Å². The van der Waals surface area contributed by atoms with Crippen molar-refractivity contribution in [1.82, 2.24) is 9.29 Å². The van der Waals surface area contributed by atoms with Crippen molar-refractivity contribution in [3.8, 4) is 0 Å². The second-order valence-electron chi connectivity index (χ2n) is 4.29. The fourth-order valence-corrected chi connectivity index (χ4v) is 3.50. The third-order valence-electron chi connectivity index (χ3n) is 2.83. The molecular weight excluding hydrogens is 355 g/mol. The third-order valence-corrected chi connectivity index (χ3v) is 5.69. The molecule has 0 saturated carbocycles. The van der Waals surface area contributed by atoms with Crippen molar-refractivity contribution in [3.63, 3.8) is 0 Å². The molecule has 0 N–H and O–H groups in total. The predicted molar refractivity (Wildman–Crippen MR) is 84.4 cm³/mol. The van der Waals surface area contributed by atoms with Crippen molar-refractivity contribution in [2.24, 2.45) is 0 Å². The van der Waals surface area contributed by atoms with Gasteiger partial charge in [-0.1, -0.05) is 46.9 Å². The van der Waals surface area contributed by atoms with Crippen molar-refractivity contribution in [1.29, 1.82) is 0 Å². The quantitative estimate of drug-likeness (QED) is 0.773. The minimum atomic E-state index is -3.68. The van der Waals surface area contributed by atoms with Crippen LogP contribution in [0.1, 0.15) is 5.56 Å². The van der Waals surface area contributed by atoms with Crippen LogP contribution in [0.4, 0.5) is 0 Å². The van der Waals surface area contributed by atoms with Gasteiger partial charge in [-0.3, -0.25) is 0 Å². The lowest BCUT2D eigenvalue weighted by Gasteiger charge is -2.18. The van der Waals surface area contributed by atoms with E-state index in [2.05, 4.69) is 4.98 Å². The largest absolute Gasteiger partial charge is 0.244 e. The van der Waals surface area contributed by atoms with E-state index in [1.165, 1.54) is 29.7 Å². The second kappa shape index (κ2) is 6.50. The zero-order valence-electron chi connectivity index (χ0n) is 10.9. The summed E-state index contributed by atoms with van der Waals surface area (Å²) in [4.78, 5) is 3.84. The molecule has 1 aromatic heterocycles. The number of halogens is 3. The molecule has 0 atom stereocenters. The molecule has 0 aliphatic heterocycles. The summed E-state index contributed by atoms with van der Waals surface area (Å²) < 4.78 is 26.1. The molecular formula is C13H11Cl3N2O2S. The maximum Gasteiger partial charge on any atom is 0.243 e. The molecule has 4 nitrogen and oxygen atoms in total. The molecule has 0 unspecified atom stereocenters. The van der Waals surface area contributed by atoms with Crippen molar-refractivity contribution in [2.45, 2.75) is 11.4 Å². The van der Waals surface area contributed by atoms with E-state index in [-0.39, 0.29) is 16.6 Å². The lowest BCUT2D eigenvalue weighted by Crippen LogP contribution is -2.26. The predicted octanol–water partition coefficient (Wildman–Crippen LogP) is 3.86. The molecule has 1 aromatic carbocycles. The lowest BCUT2D eigenvalue weighted by atomic mass is 10.2. The van der Waals surface area contributed by atoms with E-state index in [1.807, 2.05) is 0 Å². The van der Waals surface area contributed by atoms with Crippen LogP contribution in [-0.4, -0.2) is 24.8 Å². The number of aromatic nitrogens is 1. The number of hydrogen-bond donors (Lipinski definition) is 0. The van der Waals surface area contributed by atoms with Crippen LogP contribution in [0.5, 0.6) is 0 Å². The molecule has 2 aromatic rings. The van der Waals surface area contributed by atoms with Crippen LogP contribution >= 0.6 is 34.8 Å². The van der Waals surface area contributed by atoms with Gasteiger partial charge in [-0.25, -0.2) is 13.4 Å². The highest BCUT2D eigenvalue weighted by atomic mass is 35.5. The highest BCUT2D eigenvalue weighted by Gasteiger charge is 2.22. The van der Waals surface area contributed by atoms with Crippen molar-refractivity contribution < 1.29 is 8.42 Å². The van der Waals surface area contributed by atoms with E-state index in [0.29, 0.717) is 15.6 Å². The first-order valence-corrected chi connectivity index (χ1v) is 8.40. The Balaban J connectivity index is 2.31. The van der Waals surface area contributed by atoms with Gasteiger partial charge in [0.2, 0.25) is 10.0 Å². The molecule has 0 radical (unpaired) electrons. The third kappa shape index (κ3) is 3.67. The number of hydrogen-bond acceptors (Lipinski definition) is 3. The number of rotatable bonds is 4. The standard InChI is InChI=1S/C13H11Cl3N2O2S/c1-18(8-9-3-2-4-11(14)13(9)16)21(19,20)10-5-6-17-12(15)7-10/h2-7H,8H2,1H3. The molecule has 8 heteroatoms. The zero-order chi connectivity index (χ0) is 15.6. The average Bonchev–Trinajstić information content (AvgIpc) is 2.43. The van der Waals surface area contributed by atoms with Crippen molar-refractivity contribution in [3.05, 3.63) is 57.3 Å². The average molecular weight is 366 g/mol. The number of pyridine rings is 1. The molecule has 0 saturated heterocycles. The summed E-state index contributed by atoms with van der Waals surface area (Å²) in [6.45, 7) is 0.0989. The summed E-state index contributed by atoms with van der Waals surface area (Å²) in [5, 5.41) is 0.839. The summed E-state index contributed by atoms with van der Waals surface area (Å²) in [5.74, 6) is 0. The minimum absolute atomic E-state index is 0.0724. The summed E-state index contributed by atoms with van der Waals surface area (Å²) in [6, 6.07) is 7.77. The maximum atomic E-state index is 12.4. The monoisotopic (exact) mass is 364 g/mol. The Kier molecular flexibility index (Phi) is 5.11. The van der Waals surface area contributed by atoms with Gasteiger partial charge in [0.1, 0.15) is 5.15 Å². The molecule has 21 heavy (non-hydrogen) atoms. The SMILES string of the molecule is CN(Cc1cccc(Cl)c1Cl)S(=O)(=O)c1ccnc(Cl)c1. The van der Waals surface area contributed by atoms with Crippen molar-refractivity contribution in [2.75, 3.05) is 7.05 Å². The van der Waals surface area contributed by atoms with E-state index >= 15 is 0 Å². The first-order chi connectivity index (χ1) is 9.82. The molecule has 0 amide bonds. The van der Waals surface area contributed by atoms with Crippen LogP contribution in [0.2, 0.25) is 15.2 Å². The fourth-order valence-electron chi connectivity index (χ4n) is 1.72. The molecule has 112 valence electrons. The van der Waals surface area contributed by atoms with Gasteiger partial charge in [-0.2, -0.15) is 4.31 Å².